The van der Waals surface area contributed by atoms with Gasteiger partial charge in [-0.15, -0.1) is 0 Å². The first-order valence-electron chi connectivity index (χ1n) is 7.88. The Morgan fingerprint density at radius 1 is 1.29 bits per heavy atom. The van der Waals surface area contributed by atoms with Gasteiger partial charge in [0.25, 0.3) is 0 Å². The Morgan fingerprint density at radius 2 is 2.00 bits per heavy atom. The minimum absolute atomic E-state index is 0.0337. The van der Waals surface area contributed by atoms with Crippen LogP contribution in [0.25, 0.3) is 0 Å². The maximum absolute atomic E-state index is 12.8. The van der Waals surface area contributed by atoms with Crippen LogP contribution in [0.3, 0.4) is 0 Å². The molecule has 1 heterocycles. The molecule has 4 heteroatoms. The molecule has 0 radical (unpaired) electrons. The number of rotatable bonds is 3. The zero-order chi connectivity index (χ0) is 14.6. The van der Waals surface area contributed by atoms with Crippen molar-refractivity contribution in [2.24, 2.45) is 5.92 Å². The monoisotopic (exact) mass is 286 g/mol. The van der Waals surface area contributed by atoms with E-state index in [0.29, 0.717) is 11.9 Å². The summed E-state index contributed by atoms with van der Waals surface area (Å²) in [7, 11) is 1.69. The van der Waals surface area contributed by atoms with Gasteiger partial charge in [0.05, 0.1) is 7.11 Å². The van der Waals surface area contributed by atoms with Gasteiger partial charge in [-0.05, 0) is 37.7 Å². The Kier molecular flexibility index (Phi) is 2.80. The molecule has 1 aromatic rings. The predicted molar refractivity (Wildman–Crippen MR) is 79.9 cm³/mol. The van der Waals surface area contributed by atoms with Gasteiger partial charge in [0.15, 0.2) is 0 Å². The zero-order valence-corrected chi connectivity index (χ0v) is 12.6. The Bertz CT molecular complexity index is 576. The van der Waals surface area contributed by atoms with Crippen molar-refractivity contribution in [3.63, 3.8) is 0 Å². The minimum atomic E-state index is -0.273. The fourth-order valence-corrected chi connectivity index (χ4v) is 3.82. The lowest BCUT2D eigenvalue weighted by Gasteiger charge is -2.42. The summed E-state index contributed by atoms with van der Waals surface area (Å²) < 4.78 is 5.50. The zero-order valence-electron chi connectivity index (χ0n) is 12.6. The highest BCUT2D eigenvalue weighted by molar-refractivity contribution is 5.92. The molecule has 0 aromatic heterocycles. The molecule has 3 fully saturated rings. The molecule has 2 saturated carbocycles. The number of nitrogens with one attached hydrogen (secondary N) is 1. The van der Waals surface area contributed by atoms with Gasteiger partial charge < -0.3 is 9.64 Å². The topological polar surface area (TPSA) is 41.6 Å². The van der Waals surface area contributed by atoms with Crippen molar-refractivity contribution in [3.8, 4) is 5.75 Å². The largest absolute Gasteiger partial charge is 0.496 e. The van der Waals surface area contributed by atoms with E-state index >= 15 is 0 Å². The molecule has 1 saturated heterocycles. The van der Waals surface area contributed by atoms with Gasteiger partial charge in [-0.2, -0.15) is 0 Å². The molecule has 4 rings (SSSR count). The number of carbonyl (C=O) groups is 1. The van der Waals surface area contributed by atoms with Crippen LogP contribution >= 0.6 is 0 Å². The van der Waals surface area contributed by atoms with E-state index in [0.717, 1.165) is 42.9 Å². The molecule has 1 unspecified atom stereocenters. The molecule has 1 N–H and O–H groups in total. The summed E-state index contributed by atoms with van der Waals surface area (Å²) in [5.74, 6) is 1.89. The van der Waals surface area contributed by atoms with Crippen LogP contribution in [0.5, 0.6) is 5.75 Å². The van der Waals surface area contributed by atoms with E-state index in [4.69, 9.17) is 4.74 Å². The maximum atomic E-state index is 12.8. The van der Waals surface area contributed by atoms with E-state index in [1.165, 1.54) is 0 Å². The van der Waals surface area contributed by atoms with Crippen molar-refractivity contribution in [1.29, 1.82) is 0 Å². The van der Waals surface area contributed by atoms with Crippen LogP contribution in [0.1, 0.15) is 44.3 Å². The van der Waals surface area contributed by atoms with Crippen LogP contribution in [0.4, 0.5) is 0 Å². The number of benzene rings is 1. The fourth-order valence-electron chi connectivity index (χ4n) is 3.82. The molecule has 112 valence electrons. The normalized spacial score (nSPS) is 33.1. The molecular weight excluding hydrogens is 264 g/mol. The quantitative estimate of drug-likeness (QED) is 0.928. The van der Waals surface area contributed by atoms with Gasteiger partial charge in [-0.25, -0.2) is 0 Å². The molecule has 4 nitrogen and oxygen atoms in total. The molecule has 1 spiro atoms. The van der Waals surface area contributed by atoms with E-state index in [9.17, 15) is 4.79 Å². The summed E-state index contributed by atoms with van der Waals surface area (Å²) >= 11 is 0. The number of nitrogens with zero attached hydrogens (tertiary/aromatic N) is 1. The second-order valence-electron chi connectivity index (χ2n) is 6.81. The molecule has 1 atom stereocenters. The van der Waals surface area contributed by atoms with Gasteiger partial charge in [0.2, 0.25) is 5.91 Å². The third-order valence-electron chi connectivity index (χ3n) is 5.26. The average Bonchev–Trinajstić information content (AvgIpc) is 3.19. The first-order chi connectivity index (χ1) is 10.1. The Morgan fingerprint density at radius 3 is 2.62 bits per heavy atom. The highest BCUT2D eigenvalue weighted by Gasteiger charge is 2.61. The van der Waals surface area contributed by atoms with Gasteiger partial charge in [0.1, 0.15) is 17.5 Å². The van der Waals surface area contributed by atoms with Crippen LogP contribution in [0.2, 0.25) is 0 Å². The smallest absolute Gasteiger partial charge is 0.244 e. The van der Waals surface area contributed by atoms with Crippen molar-refractivity contribution >= 4 is 5.91 Å². The Balaban J connectivity index is 1.70. The first kappa shape index (κ1) is 13.1. The highest BCUT2D eigenvalue weighted by atomic mass is 16.5. The standard InChI is InChI=1S/C17H22N2O2/c1-11-9-12(10-11)19-15(18-17(7-8-17)16(19)20)13-5-3-4-6-14(13)21-2/h3-6,11-12,15,18H,7-10H2,1-2H3. The predicted octanol–water partition coefficient (Wildman–Crippen LogP) is 2.46. The van der Waals surface area contributed by atoms with Crippen LogP contribution < -0.4 is 10.1 Å². The molecule has 2 aliphatic carbocycles. The third-order valence-corrected chi connectivity index (χ3v) is 5.26. The van der Waals surface area contributed by atoms with E-state index in [-0.39, 0.29) is 11.7 Å². The summed E-state index contributed by atoms with van der Waals surface area (Å²) in [5.41, 5.74) is 0.807. The molecule has 21 heavy (non-hydrogen) atoms. The Labute approximate surface area is 125 Å². The summed E-state index contributed by atoms with van der Waals surface area (Å²) in [5, 5.41) is 3.59. The van der Waals surface area contributed by atoms with Crippen LogP contribution in [-0.4, -0.2) is 29.5 Å². The van der Waals surface area contributed by atoms with Gasteiger partial charge in [0, 0.05) is 11.6 Å². The molecule has 3 aliphatic rings. The lowest BCUT2D eigenvalue weighted by molar-refractivity contribution is -0.135. The number of amides is 1. The molecular formula is C17H22N2O2. The van der Waals surface area contributed by atoms with Crippen molar-refractivity contribution in [2.75, 3.05) is 7.11 Å². The van der Waals surface area contributed by atoms with Crippen molar-refractivity contribution in [2.45, 2.75) is 50.4 Å². The lowest BCUT2D eigenvalue weighted by Crippen LogP contribution is -2.47. The molecule has 1 amide bonds. The van der Waals surface area contributed by atoms with E-state index in [2.05, 4.69) is 23.2 Å². The summed E-state index contributed by atoms with van der Waals surface area (Å²) in [6.07, 6.45) is 4.14. The average molecular weight is 286 g/mol. The van der Waals surface area contributed by atoms with Crippen LogP contribution in [-0.2, 0) is 4.79 Å². The first-order valence-corrected chi connectivity index (χ1v) is 7.88. The highest BCUT2D eigenvalue weighted by Crippen LogP contribution is 2.50. The summed E-state index contributed by atoms with van der Waals surface area (Å²) in [4.78, 5) is 14.9. The second kappa shape index (κ2) is 4.47. The number of carbonyl (C=O) groups excluding carboxylic acids is 1. The van der Waals surface area contributed by atoms with Gasteiger partial charge >= 0.3 is 0 Å². The lowest BCUT2D eigenvalue weighted by atomic mass is 9.80. The number of hydrogen-bond donors (Lipinski definition) is 1. The Hall–Kier alpha value is -1.55. The second-order valence-corrected chi connectivity index (χ2v) is 6.81. The summed E-state index contributed by atoms with van der Waals surface area (Å²) in [6, 6.07) is 8.42. The maximum Gasteiger partial charge on any atom is 0.244 e. The number of ether oxygens (including phenoxy) is 1. The van der Waals surface area contributed by atoms with E-state index in [1.54, 1.807) is 7.11 Å². The van der Waals surface area contributed by atoms with E-state index in [1.807, 2.05) is 18.2 Å². The molecule has 0 bridgehead atoms. The van der Waals surface area contributed by atoms with Gasteiger partial charge in [-0.1, -0.05) is 25.1 Å². The van der Waals surface area contributed by atoms with Crippen molar-refractivity contribution < 1.29 is 9.53 Å². The fraction of sp³-hybridized carbons (Fsp3) is 0.588. The SMILES string of the molecule is COc1ccccc1C1NC2(CC2)C(=O)N1C1CC(C)C1. The van der Waals surface area contributed by atoms with Gasteiger partial charge in [-0.3, -0.25) is 10.1 Å². The number of methoxy groups -OCH3 is 1. The van der Waals surface area contributed by atoms with Crippen LogP contribution in [0, 0.1) is 5.92 Å². The van der Waals surface area contributed by atoms with Crippen LogP contribution in [0.15, 0.2) is 24.3 Å². The summed E-state index contributed by atoms with van der Waals surface area (Å²) in [6.45, 7) is 2.26. The number of hydrogen-bond acceptors (Lipinski definition) is 3. The molecule has 1 aliphatic heterocycles. The van der Waals surface area contributed by atoms with Crippen molar-refractivity contribution in [3.05, 3.63) is 29.8 Å². The third kappa shape index (κ3) is 1.89. The number of para-hydroxylation sites is 1. The molecule has 1 aromatic carbocycles. The van der Waals surface area contributed by atoms with E-state index < -0.39 is 0 Å². The van der Waals surface area contributed by atoms with Crippen molar-refractivity contribution in [1.82, 2.24) is 10.2 Å². The minimum Gasteiger partial charge on any atom is -0.496 e.